The van der Waals surface area contributed by atoms with Crippen molar-refractivity contribution in [3.8, 4) is 0 Å². The molecular weight excluding hydrogens is 277 g/mol. The van der Waals surface area contributed by atoms with Crippen molar-refractivity contribution < 1.29 is 22.9 Å². The Morgan fingerprint density at radius 3 is 2.55 bits per heavy atom. The minimum atomic E-state index is -4.63. The highest BCUT2D eigenvalue weighted by Crippen LogP contribution is 2.37. The number of piperidine rings is 1. The normalized spacial score (nSPS) is 23.2. The summed E-state index contributed by atoms with van der Waals surface area (Å²) < 4.78 is 38.8. The van der Waals surface area contributed by atoms with Crippen LogP contribution in [-0.2, 0) is 11.0 Å². The third-order valence-electron chi connectivity index (χ3n) is 3.24. The van der Waals surface area contributed by atoms with Crippen LogP contribution in [-0.4, -0.2) is 16.9 Å². The molecule has 1 aromatic carbocycles. The number of hydrogen-bond donors (Lipinski definition) is 1. The Hall–Kier alpha value is -2.12. The van der Waals surface area contributed by atoms with E-state index in [1.807, 2.05) is 0 Å². The fraction of sp³-hybridized carbons (Fsp3) is 0.417. The number of nitrogens with one attached hydrogen (secondary N) is 1. The van der Waals surface area contributed by atoms with Gasteiger partial charge >= 0.3 is 6.18 Å². The molecule has 1 N–H and O–H groups in total. The van der Waals surface area contributed by atoms with E-state index in [9.17, 15) is 28.1 Å². The number of rotatable bonds is 2. The number of benzene rings is 1. The molecule has 5 nitrogen and oxygen atoms in total. The molecule has 0 spiro atoms. The Labute approximate surface area is 111 Å². The summed E-state index contributed by atoms with van der Waals surface area (Å²) in [5.74, 6) is -0.481. The van der Waals surface area contributed by atoms with Crippen molar-refractivity contribution in [2.24, 2.45) is 0 Å². The summed E-state index contributed by atoms with van der Waals surface area (Å²) >= 11 is 0. The van der Waals surface area contributed by atoms with Gasteiger partial charge in [0.25, 0.3) is 0 Å². The zero-order valence-electron chi connectivity index (χ0n) is 10.2. The molecule has 0 radical (unpaired) electrons. The molecule has 1 amide bonds. The van der Waals surface area contributed by atoms with Crippen molar-refractivity contribution in [1.29, 1.82) is 0 Å². The van der Waals surface area contributed by atoms with E-state index in [2.05, 4.69) is 5.32 Å². The van der Waals surface area contributed by atoms with Crippen LogP contribution in [0.1, 0.15) is 30.0 Å². The fourth-order valence-corrected chi connectivity index (χ4v) is 2.33. The maximum atomic E-state index is 12.9. The summed E-state index contributed by atoms with van der Waals surface area (Å²) in [5, 5.41) is 13.3. The van der Waals surface area contributed by atoms with Crippen LogP contribution >= 0.6 is 0 Å². The van der Waals surface area contributed by atoms with Gasteiger partial charge in [-0.3, -0.25) is 14.9 Å². The Balaban J connectivity index is 2.47. The van der Waals surface area contributed by atoms with Gasteiger partial charge in [0.05, 0.1) is 5.56 Å². The second kappa shape index (κ2) is 5.10. The summed E-state index contributed by atoms with van der Waals surface area (Å²) in [7, 11) is 0. The van der Waals surface area contributed by atoms with E-state index in [0.717, 1.165) is 12.1 Å². The van der Waals surface area contributed by atoms with E-state index >= 15 is 0 Å². The molecule has 20 heavy (non-hydrogen) atoms. The van der Waals surface area contributed by atoms with E-state index in [1.165, 1.54) is 12.1 Å². The predicted octanol–water partition coefficient (Wildman–Crippen LogP) is 2.30. The van der Waals surface area contributed by atoms with Gasteiger partial charge in [-0.05, 0) is 11.6 Å². The van der Waals surface area contributed by atoms with E-state index < -0.39 is 34.7 Å². The van der Waals surface area contributed by atoms with Gasteiger partial charge in [0, 0.05) is 17.8 Å². The van der Waals surface area contributed by atoms with Crippen LogP contribution in [0.3, 0.4) is 0 Å². The Kier molecular flexibility index (Phi) is 3.65. The lowest BCUT2D eigenvalue weighted by molar-refractivity contribution is -0.529. The molecular formula is C12H11F3N2O3. The zero-order valence-corrected chi connectivity index (χ0v) is 10.2. The van der Waals surface area contributed by atoms with Gasteiger partial charge in [-0.25, -0.2) is 0 Å². The summed E-state index contributed by atoms with van der Waals surface area (Å²) in [6.45, 7) is 0. The number of alkyl halides is 3. The minimum Gasteiger partial charge on any atom is -0.343 e. The van der Waals surface area contributed by atoms with Gasteiger partial charge in [0.2, 0.25) is 11.9 Å². The number of carbonyl (C=O) groups excluding carboxylic acids is 1. The second-order valence-electron chi connectivity index (χ2n) is 4.52. The van der Waals surface area contributed by atoms with Crippen molar-refractivity contribution >= 4 is 5.91 Å². The molecule has 1 aliphatic rings. The third-order valence-corrected chi connectivity index (χ3v) is 3.24. The number of carbonyl (C=O) groups is 1. The number of hydrogen-bond acceptors (Lipinski definition) is 3. The average molecular weight is 288 g/mol. The molecule has 8 heteroatoms. The first-order valence-corrected chi connectivity index (χ1v) is 5.89. The molecule has 2 atom stereocenters. The Morgan fingerprint density at radius 2 is 1.95 bits per heavy atom. The highest BCUT2D eigenvalue weighted by atomic mass is 19.4. The molecule has 0 aromatic heterocycles. The predicted molar refractivity (Wildman–Crippen MR) is 62.3 cm³/mol. The van der Waals surface area contributed by atoms with Gasteiger partial charge in [-0.1, -0.05) is 18.2 Å². The van der Waals surface area contributed by atoms with Gasteiger partial charge in [-0.15, -0.1) is 0 Å². The Morgan fingerprint density at radius 1 is 1.30 bits per heavy atom. The largest absolute Gasteiger partial charge is 0.416 e. The monoisotopic (exact) mass is 288 g/mol. The van der Waals surface area contributed by atoms with Gasteiger partial charge < -0.3 is 5.32 Å². The molecule has 1 aliphatic heterocycles. The second-order valence-corrected chi connectivity index (χ2v) is 4.52. The first kappa shape index (κ1) is 14.3. The van der Waals surface area contributed by atoms with E-state index in [-0.39, 0.29) is 18.4 Å². The topological polar surface area (TPSA) is 72.2 Å². The molecule has 1 heterocycles. The van der Waals surface area contributed by atoms with Crippen molar-refractivity contribution in [3.05, 3.63) is 45.5 Å². The van der Waals surface area contributed by atoms with Gasteiger partial charge in [0.15, 0.2) is 0 Å². The fourth-order valence-electron chi connectivity index (χ4n) is 2.33. The minimum absolute atomic E-state index is 0.0592. The van der Waals surface area contributed by atoms with E-state index in [0.29, 0.717) is 0 Å². The number of halogens is 3. The molecule has 0 bridgehead atoms. The first-order chi connectivity index (χ1) is 9.30. The van der Waals surface area contributed by atoms with Crippen LogP contribution in [0, 0.1) is 10.1 Å². The molecule has 2 rings (SSSR count). The molecule has 1 saturated heterocycles. The summed E-state index contributed by atoms with van der Waals surface area (Å²) in [6.07, 6.45) is -4.76. The highest BCUT2D eigenvalue weighted by molar-refractivity contribution is 5.77. The highest BCUT2D eigenvalue weighted by Gasteiger charge is 2.43. The summed E-state index contributed by atoms with van der Waals surface area (Å²) in [5.41, 5.74) is -1.23. The lowest BCUT2D eigenvalue weighted by Crippen LogP contribution is -2.45. The first-order valence-electron chi connectivity index (χ1n) is 5.89. The van der Waals surface area contributed by atoms with Crippen LogP contribution in [0.25, 0.3) is 0 Å². The maximum Gasteiger partial charge on any atom is 0.416 e. The summed E-state index contributed by atoms with van der Waals surface area (Å²) in [4.78, 5) is 21.7. The van der Waals surface area contributed by atoms with Crippen LogP contribution in [0.5, 0.6) is 0 Å². The molecule has 108 valence electrons. The molecule has 1 aromatic rings. The number of nitro groups is 1. The molecule has 0 saturated carbocycles. The molecule has 0 unspecified atom stereocenters. The number of amides is 1. The van der Waals surface area contributed by atoms with Crippen molar-refractivity contribution in [2.75, 3.05) is 0 Å². The smallest absolute Gasteiger partial charge is 0.343 e. The third kappa shape index (κ3) is 2.73. The molecule has 1 fully saturated rings. The zero-order chi connectivity index (χ0) is 14.9. The van der Waals surface area contributed by atoms with Crippen molar-refractivity contribution in [2.45, 2.75) is 31.1 Å². The number of nitrogens with zero attached hydrogens (tertiary/aromatic N) is 1. The Bertz CT molecular complexity index is 545. The quantitative estimate of drug-likeness (QED) is 0.670. The van der Waals surface area contributed by atoms with Crippen LogP contribution in [0.4, 0.5) is 13.2 Å². The van der Waals surface area contributed by atoms with Crippen molar-refractivity contribution in [1.82, 2.24) is 5.32 Å². The average Bonchev–Trinajstić information content (AvgIpc) is 2.37. The molecule has 0 aliphatic carbocycles. The lowest BCUT2D eigenvalue weighted by atomic mass is 9.89. The standard InChI is InChI=1S/C12H11F3N2O3/c13-12(14,15)8-4-2-1-3-7(8)11-9(17(19)20)5-6-10(18)16-11/h1-4,9,11H,5-6H2,(H,16,18)/t9-,11-/m0/s1. The lowest BCUT2D eigenvalue weighted by Gasteiger charge is -2.28. The van der Waals surface area contributed by atoms with E-state index in [1.54, 1.807) is 0 Å². The van der Waals surface area contributed by atoms with Crippen LogP contribution in [0.15, 0.2) is 24.3 Å². The van der Waals surface area contributed by atoms with Gasteiger partial charge in [0.1, 0.15) is 6.04 Å². The maximum absolute atomic E-state index is 12.9. The van der Waals surface area contributed by atoms with Crippen LogP contribution in [0.2, 0.25) is 0 Å². The SMILES string of the molecule is O=C1CC[C@H]([N+](=O)[O-])[C@H](c2ccccc2C(F)(F)F)N1. The summed E-state index contributed by atoms with van der Waals surface area (Å²) in [6, 6.07) is 2.07. The van der Waals surface area contributed by atoms with E-state index in [4.69, 9.17) is 0 Å². The van der Waals surface area contributed by atoms with Gasteiger partial charge in [-0.2, -0.15) is 13.2 Å². The van der Waals surface area contributed by atoms with Crippen LogP contribution < -0.4 is 5.32 Å². The van der Waals surface area contributed by atoms with Crippen molar-refractivity contribution in [3.63, 3.8) is 0 Å².